The van der Waals surface area contributed by atoms with Gasteiger partial charge in [-0.2, -0.15) is 0 Å². The van der Waals surface area contributed by atoms with Crippen LogP contribution >= 0.6 is 0 Å². The molecule has 1 aromatic rings. The van der Waals surface area contributed by atoms with Crippen LogP contribution in [0.3, 0.4) is 0 Å². The summed E-state index contributed by atoms with van der Waals surface area (Å²) in [5, 5.41) is 6.29. The predicted octanol–water partition coefficient (Wildman–Crippen LogP) is 1.90. The lowest BCUT2D eigenvalue weighted by Crippen LogP contribution is -2.32. The maximum absolute atomic E-state index is 12.3. The summed E-state index contributed by atoms with van der Waals surface area (Å²) in [6, 6.07) is 7.90. The Bertz CT molecular complexity index is 576. The largest absolute Gasteiger partial charge is 0.352 e. The molecule has 0 saturated carbocycles. The van der Waals surface area contributed by atoms with Crippen molar-refractivity contribution < 1.29 is 9.59 Å². The van der Waals surface area contributed by atoms with Gasteiger partial charge in [-0.05, 0) is 55.8 Å². The monoisotopic (exact) mass is 329 g/mol. The highest BCUT2D eigenvalue weighted by atomic mass is 16.2. The van der Waals surface area contributed by atoms with E-state index in [-0.39, 0.29) is 11.8 Å². The van der Waals surface area contributed by atoms with Crippen molar-refractivity contribution in [2.24, 2.45) is 0 Å². The van der Waals surface area contributed by atoms with Crippen LogP contribution in [0.5, 0.6) is 0 Å². The number of carbonyl (C=O) groups excluding carboxylic acids is 2. The highest BCUT2D eigenvalue weighted by Crippen LogP contribution is 2.23. The fourth-order valence-corrected chi connectivity index (χ4v) is 3.58. The van der Waals surface area contributed by atoms with Crippen LogP contribution in [0.1, 0.15) is 53.9 Å². The van der Waals surface area contributed by atoms with Gasteiger partial charge in [-0.1, -0.05) is 12.1 Å². The van der Waals surface area contributed by atoms with Gasteiger partial charge in [0.15, 0.2) is 0 Å². The zero-order valence-electron chi connectivity index (χ0n) is 14.2. The lowest BCUT2D eigenvalue weighted by Gasteiger charge is -2.23. The molecule has 0 aliphatic carbocycles. The number of amides is 2. The zero-order chi connectivity index (χ0) is 16.8. The number of nitrogens with zero attached hydrogens (tertiary/aromatic N) is 1. The highest BCUT2D eigenvalue weighted by Gasteiger charge is 2.18. The summed E-state index contributed by atoms with van der Waals surface area (Å²) in [6.07, 6.45) is 4.93. The molecule has 5 nitrogen and oxygen atoms in total. The maximum atomic E-state index is 12.3. The van der Waals surface area contributed by atoms with Gasteiger partial charge in [-0.3, -0.25) is 9.59 Å². The molecule has 130 valence electrons. The first-order valence-electron chi connectivity index (χ1n) is 9.11. The first-order valence-corrected chi connectivity index (χ1v) is 9.11. The van der Waals surface area contributed by atoms with Crippen molar-refractivity contribution >= 4 is 11.8 Å². The molecule has 2 saturated heterocycles. The zero-order valence-corrected chi connectivity index (χ0v) is 14.2. The Kier molecular flexibility index (Phi) is 5.86. The van der Waals surface area contributed by atoms with Gasteiger partial charge < -0.3 is 15.5 Å². The third-order valence-electron chi connectivity index (χ3n) is 5.00. The van der Waals surface area contributed by atoms with E-state index >= 15 is 0 Å². The van der Waals surface area contributed by atoms with Crippen molar-refractivity contribution in [3.05, 3.63) is 35.4 Å². The van der Waals surface area contributed by atoms with Crippen LogP contribution in [0.25, 0.3) is 0 Å². The van der Waals surface area contributed by atoms with Gasteiger partial charge in [0.1, 0.15) is 0 Å². The SMILES string of the molecule is O=C(NCCC(=O)N1CCCC1)c1cccc([C@@H]2CCCNC2)c1. The Labute approximate surface area is 143 Å². The van der Waals surface area contributed by atoms with Gasteiger partial charge in [0, 0.05) is 38.2 Å². The van der Waals surface area contributed by atoms with Crippen molar-refractivity contribution in [3.63, 3.8) is 0 Å². The van der Waals surface area contributed by atoms with E-state index < -0.39 is 0 Å². The first kappa shape index (κ1) is 17.0. The molecule has 0 aromatic heterocycles. The summed E-state index contributed by atoms with van der Waals surface area (Å²) in [7, 11) is 0. The average Bonchev–Trinajstić information content (AvgIpc) is 3.17. The van der Waals surface area contributed by atoms with Crippen LogP contribution in [0, 0.1) is 0 Å². The average molecular weight is 329 g/mol. The minimum atomic E-state index is -0.0881. The van der Waals surface area contributed by atoms with Crippen LogP contribution in [0.15, 0.2) is 24.3 Å². The normalized spacial score (nSPS) is 20.8. The molecule has 1 atom stereocenters. The lowest BCUT2D eigenvalue weighted by atomic mass is 9.90. The molecule has 1 aromatic carbocycles. The molecule has 0 spiro atoms. The molecule has 24 heavy (non-hydrogen) atoms. The summed E-state index contributed by atoms with van der Waals surface area (Å²) < 4.78 is 0. The molecule has 2 fully saturated rings. The van der Waals surface area contributed by atoms with E-state index in [1.807, 2.05) is 23.1 Å². The van der Waals surface area contributed by atoms with Crippen LogP contribution in [0.4, 0.5) is 0 Å². The predicted molar refractivity (Wildman–Crippen MR) is 94.1 cm³/mol. The number of hydrogen-bond donors (Lipinski definition) is 2. The number of benzene rings is 1. The minimum Gasteiger partial charge on any atom is -0.352 e. The summed E-state index contributed by atoms with van der Waals surface area (Å²) in [6.45, 7) is 4.20. The highest BCUT2D eigenvalue weighted by molar-refractivity contribution is 5.94. The minimum absolute atomic E-state index is 0.0881. The van der Waals surface area contributed by atoms with Gasteiger partial charge >= 0.3 is 0 Å². The smallest absolute Gasteiger partial charge is 0.251 e. The van der Waals surface area contributed by atoms with Gasteiger partial charge in [-0.15, -0.1) is 0 Å². The number of rotatable bonds is 5. The number of nitrogens with one attached hydrogen (secondary N) is 2. The van der Waals surface area contributed by atoms with Gasteiger partial charge in [0.25, 0.3) is 5.91 Å². The first-order chi connectivity index (χ1) is 11.7. The van der Waals surface area contributed by atoms with E-state index in [0.29, 0.717) is 24.4 Å². The Morgan fingerprint density at radius 1 is 1.21 bits per heavy atom. The maximum Gasteiger partial charge on any atom is 0.251 e. The summed E-state index contributed by atoms with van der Waals surface area (Å²) in [5.41, 5.74) is 1.91. The van der Waals surface area contributed by atoms with Crippen molar-refractivity contribution in [3.8, 4) is 0 Å². The quantitative estimate of drug-likeness (QED) is 0.867. The van der Waals surface area contributed by atoms with Crippen molar-refractivity contribution in [1.29, 1.82) is 0 Å². The van der Waals surface area contributed by atoms with Gasteiger partial charge in [0.2, 0.25) is 5.91 Å². The Hall–Kier alpha value is -1.88. The summed E-state index contributed by atoms with van der Waals surface area (Å²) >= 11 is 0. The third kappa shape index (κ3) is 4.35. The fourth-order valence-electron chi connectivity index (χ4n) is 3.58. The second-order valence-electron chi connectivity index (χ2n) is 6.76. The number of carbonyl (C=O) groups is 2. The number of piperidine rings is 1. The molecule has 0 radical (unpaired) electrons. The van der Waals surface area contributed by atoms with E-state index in [4.69, 9.17) is 0 Å². The Morgan fingerprint density at radius 2 is 2.04 bits per heavy atom. The van der Waals surface area contributed by atoms with E-state index in [1.165, 1.54) is 18.4 Å². The van der Waals surface area contributed by atoms with Gasteiger partial charge in [-0.25, -0.2) is 0 Å². The molecule has 3 rings (SSSR count). The molecule has 0 bridgehead atoms. The van der Waals surface area contributed by atoms with E-state index in [1.54, 1.807) is 0 Å². The van der Waals surface area contributed by atoms with Crippen molar-refractivity contribution in [2.45, 2.75) is 38.0 Å². The molecule has 2 heterocycles. The van der Waals surface area contributed by atoms with E-state index in [2.05, 4.69) is 16.7 Å². The van der Waals surface area contributed by atoms with Crippen LogP contribution < -0.4 is 10.6 Å². The van der Waals surface area contributed by atoms with Crippen molar-refractivity contribution in [1.82, 2.24) is 15.5 Å². The Morgan fingerprint density at radius 3 is 2.79 bits per heavy atom. The standard InChI is InChI=1S/C19H27N3O2/c23-18(22-11-1-2-12-22)8-10-21-19(24)16-6-3-5-15(13-16)17-7-4-9-20-14-17/h3,5-6,13,17,20H,1-2,4,7-12,14H2,(H,21,24)/t17-/m1/s1. The van der Waals surface area contributed by atoms with E-state index in [9.17, 15) is 9.59 Å². The molecule has 2 aliphatic rings. The van der Waals surface area contributed by atoms with Gasteiger partial charge in [0.05, 0.1) is 0 Å². The summed E-state index contributed by atoms with van der Waals surface area (Å²) in [4.78, 5) is 26.2. The number of likely N-dealkylation sites (tertiary alicyclic amines) is 1. The lowest BCUT2D eigenvalue weighted by molar-refractivity contribution is -0.129. The second-order valence-corrected chi connectivity index (χ2v) is 6.76. The molecular weight excluding hydrogens is 302 g/mol. The van der Waals surface area contributed by atoms with Crippen LogP contribution in [0.2, 0.25) is 0 Å². The molecule has 2 aliphatic heterocycles. The summed E-state index contributed by atoms with van der Waals surface area (Å²) in [5.74, 6) is 0.549. The molecule has 2 amide bonds. The molecule has 5 heteroatoms. The van der Waals surface area contributed by atoms with E-state index in [0.717, 1.165) is 39.0 Å². The molecule has 2 N–H and O–H groups in total. The molecular formula is C19H27N3O2. The number of hydrogen-bond acceptors (Lipinski definition) is 3. The van der Waals surface area contributed by atoms with Crippen LogP contribution in [-0.2, 0) is 4.79 Å². The topological polar surface area (TPSA) is 61.4 Å². The van der Waals surface area contributed by atoms with Crippen molar-refractivity contribution in [2.75, 3.05) is 32.7 Å². The second kappa shape index (κ2) is 8.29. The van der Waals surface area contributed by atoms with Crippen LogP contribution in [-0.4, -0.2) is 49.4 Å². The molecule has 0 unspecified atom stereocenters. The third-order valence-corrected chi connectivity index (χ3v) is 5.00. The Balaban J connectivity index is 1.50. The fraction of sp³-hybridized carbons (Fsp3) is 0.579.